The van der Waals surface area contributed by atoms with Crippen molar-refractivity contribution in [3.8, 4) is 0 Å². The SMILES string of the molecule is CCCC(CCC)C(=O)Nc1cc(C)c(C(=O)OCC)s1. The smallest absolute Gasteiger partial charge is 0.348 e. The highest BCUT2D eigenvalue weighted by atomic mass is 32.1. The molecule has 0 aromatic carbocycles. The van der Waals surface area contributed by atoms with Gasteiger partial charge in [0.25, 0.3) is 0 Å². The average Bonchev–Trinajstić information content (AvgIpc) is 2.79. The molecule has 0 unspecified atom stereocenters. The molecule has 1 amide bonds. The zero-order valence-corrected chi connectivity index (χ0v) is 14.1. The van der Waals surface area contributed by atoms with E-state index in [1.165, 1.54) is 11.3 Å². The number of aryl methyl sites for hydroxylation is 1. The fourth-order valence-corrected chi connectivity index (χ4v) is 3.24. The summed E-state index contributed by atoms with van der Waals surface area (Å²) in [4.78, 5) is 24.6. The maximum atomic E-state index is 12.3. The summed E-state index contributed by atoms with van der Waals surface area (Å²) < 4.78 is 5.01. The first-order valence-corrected chi connectivity index (χ1v) is 8.43. The van der Waals surface area contributed by atoms with Crippen LogP contribution in [0.1, 0.15) is 61.7 Å². The van der Waals surface area contributed by atoms with Crippen LogP contribution < -0.4 is 5.32 Å². The molecule has 0 bridgehead atoms. The van der Waals surface area contributed by atoms with Gasteiger partial charge >= 0.3 is 5.97 Å². The van der Waals surface area contributed by atoms with Crippen LogP contribution in [-0.2, 0) is 9.53 Å². The largest absolute Gasteiger partial charge is 0.462 e. The van der Waals surface area contributed by atoms with Crippen molar-refractivity contribution >= 4 is 28.2 Å². The second kappa shape index (κ2) is 8.82. The molecule has 0 atom stereocenters. The maximum Gasteiger partial charge on any atom is 0.348 e. The Morgan fingerprint density at radius 2 is 1.86 bits per heavy atom. The van der Waals surface area contributed by atoms with Crippen molar-refractivity contribution in [1.82, 2.24) is 0 Å². The number of amides is 1. The number of hydrogen-bond donors (Lipinski definition) is 1. The van der Waals surface area contributed by atoms with Crippen LogP contribution in [-0.4, -0.2) is 18.5 Å². The fraction of sp³-hybridized carbons (Fsp3) is 0.625. The van der Waals surface area contributed by atoms with Crippen LogP contribution in [0.25, 0.3) is 0 Å². The highest BCUT2D eigenvalue weighted by Gasteiger charge is 2.20. The second-order valence-corrected chi connectivity index (χ2v) is 6.16. The molecule has 118 valence electrons. The first kappa shape index (κ1) is 17.7. The Balaban J connectivity index is 2.76. The predicted octanol–water partition coefficient (Wildman–Crippen LogP) is 4.39. The lowest BCUT2D eigenvalue weighted by Gasteiger charge is -2.14. The van der Waals surface area contributed by atoms with Gasteiger partial charge in [-0.05, 0) is 38.3 Å². The van der Waals surface area contributed by atoms with Crippen LogP contribution in [0.2, 0.25) is 0 Å². The number of ether oxygens (including phenoxy) is 1. The molecule has 1 rings (SSSR count). The Morgan fingerprint density at radius 3 is 2.38 bits per heavy atom. The Labute approximate surface area is 130 Å². The first-order chi connectivity index (χ1) is 10.0. The molecule has 4 nitrogen and oxygen atoms in total. The number of thiophene rings is 1. The van der Waals surface area contributed by atoms with E-state index in [-0.39, 0.29) is 17.8 Å². The summed E-state index contributed by atoms with van der Waals surface area (Å²) in [6.07, 6.45) is 3.79. The molecular weight excluding hydrogens is 286 g/mol. The van der Waals surface area contributed by atoms with Crippen molar-refractivity contribution < 1.29 is 14.3 Å². The summed E-state index contributed by atoms with van der Waals surface area (Å²) in [5.41, 5.74) is 0.844. The molecule has 1 aromatic heterocycles. The lowest BCUT2D eigenvalue weighted by Crippen LogP contribution is -2.22. The second-order valence-electron chi connectivity index (χ2n) is 5.11. The molecule has 0 spiro atoms. The van der Waals surface area contributed by atoms with E-state index in [0.717, 1.165) is 36.2 Å². The van der Waals surface area contributed by atoms with Crippen LogP contribution in [0.3, 0.4) is 0 Å². The van der Waals surface area contributed by atoms with Gasteiger partial charge in [0.05, 0.1) is 11.6 Å². The van der Waals surface area contributed by atoms with E-state index in [1.807, 2.05) is 13.0 Å². The van der Waals surface area contributed by atoms with Gasteiger partial charge in [0.2, 0.25) is 5.91 Å². The van der Waals surface area contributed by atoms with Gasteiger partial charge in [0.15, 0.2) is 0 Å². The van der Waals surface area contributed by atoms with Crippen LogP contribution in [0.15, 0.2) is 6.07 Å². The molecule has 0 radical (unpaired) electrons. The number of carbonyl (C=O) groups is 2. The molecular formula is C16H25NO3S. The quantitative estimate of drug-likeness (QED) is 0.724. The lowest BCUT2D eigenvalue weighted by molar-refractivity contribution is -0.120. The van der Waals surface area contributed by atoms with Gasteiger partial charge in [0.1, 0.15) is 4.88 Å². The van der Waals surface area contributed by atoms with E-state index >= 15 is 0 Å². The van der Waals surface area contributed by atoms with Crippen molar-refractivity contribution in [2.45, 2.75) is 53.4 Å². The fourth-order valence-electron chi connectivity index (χ4n) is 2.27. The number of carbonyl (C=O) groups excluding carboxylic acids is 2. The lowest BCUT2D eigenvalue weighted by atomic mass is 9.97. The Hall–Kier alpha value is -1.36. The number of rotatable bonds is 8. The van der Waals surface area contributed by atoms with Gasteiger partial charge in [-0.1, -0.05) is 26.7 Å². The van der Waals surface area contributed by atoms with Gasteiger partial charge in [0, 0.05) is 5.92 Å². The van der Waals surface area contributed by atoms with Crippen molar-refractivity contribution in [1.29, 1.82) is 0 Å². The third-order valence-corrected chi connectivity index (χ3v) is 4.40. The van der Waals surface area contributed by atoms with Crippen molar-refractivity contribution in [3.05, 3.63) is 16.5 Å². The molecule has 0 aliphatic rings. The molecule has 1 aromatic rings. The normalized spacial score (nSPS) is 10.7. The van der Waals surface area contributed by atoms with Crippen LogP contribution in [0.5, 0.6) is 0 Å². The molecule has 0 saturated heterocycles. The summed E-state index contributed by atoms with van der Waals surface area (Å²) >= 11 is 1.28. The monoisotopic (exact) mass is 311 g/mol. The van der Waals surface area contributed by atoms with Crippen LogP contribution in [0, 0.1) is 12.8 Å². The topological polar surface area (TPSA) is 55.4 Å². The number of esters is 1. The highest BCUT2D eigenvalue weighted by Crippen LogP contribution is 2.28. The van der Waals surface area contributed by atoms with Crippen molar-refractivity contribution in [2.24, 2.45) is 5.92 Å². The number of hydrogen-bond acceptors (Lipinski definition) is 4. The number of anilines is 1. The third kappa shape index (κ3) is 5.16. The van der Waals surface area contributed by atoms with Gasteiger partial charge in [-0.15, -0.1) is 11.3 Å². The van der Waals surface area contributed by atoms with Gasteiger partial charge in [-0.3, -0.25) is 4.79 Å². The zero-order chi connectivity index (χ0) is 15.8. The number of nitrogens with one attached hydrogen (secondary N) is 1. The third-order valence-electron chi connectivity index (χ3n) is 3.27. The Bertz CT molecular complexity index is 476. The highest BCUT2D eigenvalue weighted by molar-refractivity contribution is 7.18. The van der Waals surface area contributed by atoms with Gasteiger partial charge < -0.3 is 10.1 Å². The van der Waals surface area contributed by atoms with Gasteiger partial charge in [-0.2, -0.15) is 0 Å². The molecule has 1 heterocycles. The van der Waals surface area contributed by atoms with E-state index in [4.69, 9.17) is 4.74 Å². The molecule has 0 fully saturated rings. The predicted molar refractivity (Wildman–Crippen MR) is 86.9 cm³/mol. The molecule has 0 aliphatic carbocycles. The molecule has 21 heavy (non-hydrogen) atoms. The summed E-state index contributed by atoms with van der Waals surface area (Å²) in [5.74, 6) is -0.219. The Morgan fingerprint density at radius 1 is 1.24 bits per heavy atom. The van der Waals surface area contributed by atoms with Crippen LogP contribution in [0.4, 0.5) is 5.00 Å². The standard InChI is InChI=1S/C16H25NO3S/c1-5-8-12(9-6-2)15(18)17-13-10-11(4)14(21-13)16(19)20-7-3/h10,12H,5-9H2,1-4H3,(H,17,18). The summed E-state index contributed by atoms with van der Waals surface area (Å²) in [7, 11) is 0. The summed E-state index contributed by atoms with van der Waals surface area (Å²) in [6, 6.07) is 1.84. The molecule has 0 aliphatic heterocycles. The van der Waals surface area contributed by atoms with Gasteiger partial charge in [-0.25, -0.2) is 4.79 Å². The first-order valence-electron chi connectivity index (χ1n) is 7.61. The Kier molecular flexibility index (Phi) is 7.43. The van der Waals surface area contributed by atoms with Crippen molar-refractivity contribution in [2.75, 3.05) is 11.9 Å². The maximum absolute atomic E-state index is 12.3. The van der Waals surface area contributed by atoms with E-state index in [9.17, 15) is 9.59 Å². The minimum absolute atomic E-state index is 0.0495. The molecule has 1 N–H and O–H groups in total. The van der Waals surface area contributed by atoms with Crippen molar-refractivity contribution in [3.63, 3.8) is 0 Å². The van der Waals surface area contributed by atoms with Crippen LogP contribution >= 0.6 is 11.3 Å². The summed E-state index contributed by atoms with van der Waals surface area (Å²) in [5, 5.41) is 3.66. The molecule has 5 heteroatoms. The van der Waals surface area contributed by atoms with E-state index in [0.29, 0.717) is 11.5 Å². The average molecular weight is 311 g/mol. The summed E-state index contributed by atoms with van der Waals surface area (Å²) in [6.45, 7) is 8.17. The minimum Gasteiger partial charge on any atom is -0.462 e. The van der Waals surface area contributed by atoms with E-state index in [1.54, 1.807) is 6.92 Å². The van der Waals surface area contributed by atoms with E-state index in [2.05, 4.69) is 19.2 Å². The van der Waals surface area contributed by atoms with E-state index < -0.39 is 0 Å². The molecule has 0 saturated carbocycles. The minimum atomic E-state index is -0.320. The zero-order valence-electron chi connectivity index (χ0n) is 13.3.